The second-order valence-electron chi connectivity index (χ2n) is 5.20. The minimum Gasteiger partial charge on any atom is -0.466 e. The van der Waals surface area contributed by atoms with E-state index in [0.717, 1.165) is 17.8 Å². The lowest BCUT2D eigenvalue weighted by molar-refractivity contribution is -0.149. The lowest BCUT2D eigenvalue weighted by Crippen LogP contribution is -2.43. The third-order valence-corrected chi connectivity index (χ3v) is 4.50. The Balaban J connectivity index is 2.02. The van der Waals surface area contributed by atoms with Gasteiger partial charge in [0, 0.05) is 18.5 Å². The van der Waals surface area contributed by atoms with Gasteiger partial charge in [0.15, 0.2) is 0 Å². The SMILES string of the molecule is CCOC(=O)C1CCCN(C(=O)c2csc(C(C)N)n2)C1. The number of carbonyl (C=O) groups is 2. The fourth-order valence-electron chi connectivity index (χ4n) is 2.37. The lowest BCUT2D eigenvalue weighted by atomic mass is 9.98. The zero-order valence-corrected chi connectivity index (χ0v) is 13.2. The largest absolute Gasteiger partial charge is 0.466 e. The molecule has 1 fully saturated rings. The van der Waals surface area contributed by atoms with E-state index in [1.807, 2.05) is 6.92 Å². The van der Waals surface area contributed by atoms with Crippen molar-refractivity contribution in [1.29, 1.82) is 0 Å². The van der Waals surface area contributed by atoms with E-state index < -0.39 is 0 Å². The van der Waals surface area contributed by atoms with Crippen LogP contribution in [-0.4, -0.2) is 41.5 Å². The average Bonchev–Trinajstić information content (AvgIpc) is 2.97. The van der Waals surface area contributed by atoms with Crippen molar-refractivity contribution in [2.45, 2.75) is 32.7 Å². The number of likely N-dealkylation sites (tertiary alicyclic amines) is 1. The fraction of sp³-hybridized carbons (Fsp3) is 0.643. The summed E-state index contributed by atoms with van der Waals surface area (Å²) in [6.07, 6.45) is 1.57. The monoisotopic (exact) mass is 311 g/mol. The van der Waals surface area contributed by atoms with Crippen LogP contribution in [0.1, 0.15) is 48.2 Å². The Labute approximate surface area is 128 Å². The Morgan fingerprint density at radius 1 is 1.62 bits per heavy atom. The van der Waals surface area contributed by atoms with Crippen molar-refractivity contribution in [3.63, 3.8) is 0 Å². The van der Waals surface area contributed by atoms with Crippen molar-refractivity contribution >= 4 is 23.2 Å². The summed E-state index contributed by atoms with van der Waals surface area (Å²) in [7, 11) is 0. The van der Waals surface area contributed by atoms with E-state index in [9.17, 15) is 9.59 Å². The molecule has 2 heterocycles. The number of nitrogens with two attached hydrogens (primary N) is 1. The van der Waals surface area contributed by atoms with Crippen molar-refractivity contribution in [2.75, 3.05) is 19.7 Å². The van der Waals surface area contributed by atoms with Crippen molar-refractivity contribution in [2.24, 2.45) is 11.7 Å². The standard InChI is InChI=1S/C14H21N3O3S/c1-3-20-14(19)10-5-4-6-17(7-10)13(18)11-8-21-12(16-11)9(2)15/h8-10H,3-7,15H2,1-2H3. The third kappa shape index (κ3) is 3.79. The van der Waals surface area contributed by atoms with Gasteiger partial charge in [-0.25, -0.2) is 4.98 Å². The van der Waals surface area contributed by atoms with Crippen LogP contribution in [0.4, 0.5) is 0 Å². The van der Waals surface area contributed by atoms with Gasteiger partial charge in [0.2, 0.25) is 0 Å². The Bertz CT molecular complexity index is 515. The second kappa shape index (κ2) is 7.00. The molecule has 1 aliphatic rings. The molecule has 0 radical (unpaired) electrons. The Kier molecular flexibility index (Phi) is 5.30. The highest BCUT2D eigenvalue weighted by Crippen LogP contribution is 2.22. The molecule has 0 saturated carbocycles. The smallest absolute Gasteiger partial charge is 0.310 e. The molecule has 2 unspecified atom stereocenters. The van der Waals surface area contributed by atoms with Crippen LogP contribution in [0.15, 0.2) is 5.38 Å². The first-order valence-electron chi connectivity index (χ1n) is 7.19. The lowest BCUT2D eigenvalue weighted by Gasteiger charge is -2.31. The van der Waals surface area contributed by atoms with Gasteiger partial charge >= 0.3 is 5.97 Å². The van der Waals surface area contributed by atoms with Crippen LogP contribution in [0.3, 0.4) is 0 Å². The molecule has 1 aromatic heterocycles. The predicted octanol–water partition coefficient (Wildman–Crippen LogP) is 1.58. The molecule has 7 heteroatoms. The molecule has 2 rings (SSSR count). The molecule has 2 atom stereocenters. The van der Waals surface area contributed by atoms with Crippen LogP contribution in [0, 0.1) is 5.92 Å². The highest BCUT2D eigenvalue weighted by atomic mass is 32.1. The molecule has 1 amide bonds. The Morgan fingerprint density at radius 3 is 3.00 bits per heavy atom. The van der Waals surface area contributed by atoms with Crippen LogP contribution >= 0.6 is 11.3 Å². The highest BCUT2D eigenvalue weighted by molar-refractivity contribution is 7.09. The summed E-state index contributed by atoms with van der Waals surface area (Å²) in [5, 5.41) is 2.48. The molecular formula is C14H21N3O3S. The molecular weight excluding hydrogens is 290 g/mol. The molecule has 1 aliphatic heterocycles. The molecule has 1 saturated heterocycles. The molecule has 1 aromatic rings. The van der Waals surface area contributed by atoms with Gasteiger partial charge in [-0.2, -0.15) is 0 Å². The first-order valence-corrected chi connectivity index (χ1v) is 8.07. The number of carbonyl (C=O) groups excluding carboxylic acids is 2. The predicted molar refractivity (Wildman–Crippen MR) is 80.0 cm³/mol. The van der Waals surface area contributed by atoms with Gasteiger partial charge in [0.1, 0.15) is 10.7 Å². The average molecular weight is 311 g/mol. The molecule has 2 N–H and O–H groups in total. The number of hydrogen-bond donors (Lipinski definition) is 1. The van der Waals surface area contributed by atoms with Crippen molar-refractivity contribution in [3.05, 3.63) is 16.1 Å². The van der Waals surface area contributed by atoms with Gasteiger partial charge in [-0.05, 0) is 26.7 Å². The van der Waals surface area contributed by atoms with Gasteiger partial charge in [-0.15, -0.1) is 11.3 Å². The van der Waals surface area contributed by atoms with Crippen LogP contribution in [0.25, 0.3) is 0 Å². The molecule has 0 spiro atoms. The van der Waals surface area contributed by atoms with Gasteiger partial charge in [0.25, 0.3) is 5.91 Å². The van der Waals surface area contributed by atoms with Gasteiger partial charge in [-0.3, -0.25) is 9.59 Å². The fourth-order valence-corrected chi connectivity index (χ4v) is 3.12. The molecule has 21 heavy (non-hydrogen) atoms. The number of amides is 1. The van der Waals surface area contributed by atoms with Crippen LogP contribution in [-0.2, 0) is 9.53 Å². The number of nitrogens with zero attached hydrogens (tertiary/aromatic N) is 2. The number of hydrogen-bond acceptors (Lipinski definition) is 6. The first-order chi connectivity index (χ1) is 10.0. The molecule has 116 valence electrons. The zero-order valence-electron chi connectivity index (χ0n) is 12.4. The number of piperidine rings is 1. The molecule has 0 aliphatic carbocycles. The molecule has 0 aromatic carbocycles. The minimum absolute atomic E-state index is 0.132. The van der Waals surface area contributed by atoms with Gasteiger partial charge in [-0.1, -0.05) is 0 Å². The summed E-state index contributed by atoms with van der Waals surface area (Å²) in [4.78, 5) is 30.2. The maximum absolute atomic E-state index is 12.4. The highest BCUT2D eigenvalue weighted by Gasteiger charge is 2.30. The van der Waals surface area contributed by atoms with E-state index in [1.54, 1.807) is 17.2 Å². The van der Waals surface area contributed by atoms with Crippen LogP contribution in [0.5, 0.6) is 0 Å². The normalized spacial score (nSPS) is 20.1. The Morgan fingerprint density at radius 2 is 2.38 bits per heavy atom. The summed E-state index contributed by atoms with van der Waals surface area (Å²) in [6.45, 7) is 5.05. The first kappa shape index (κ1) is 15.9. The number of rotatable bonds is 4. The summed E-state index contributed by atoms with van der Waals surface area (Å²) in [5.74, 6) is -0.578. The summed E-state index contributed by atoms with van der Waals surface area (Å²) in [6, 6.07) is -0.176. The van der Waals surface area contributed by atoms with Crippen molar-refractivity contribution in [1.82, 2.24) is 9.88 Å². The van der Waals surface area contributed by atoms with Crippen LogP contribution < -0.4 is 5.73 Å². The summed E-state index contributed by atoms with van der Waals surface area (Å²) < 4.78 is 5.04. The van der Waals surface area contributed by atoms with Crippen molar-refractivity contribution < 1.29 is 14.3 Å². The van der Waals surface area contributed by atoms with Crippen LogP contribution in [0.2, 0.25) is 0 Å². The maximum Gasteiger partial charge on any atom is 0.310 e. The summed E-state index contributed by atoms with van der Waals surface area (Å²) >= 11 is 1.39. The quantitative estimate of drug-likeness (QED) is 0.853. The number of ether oxygens (including phenoxy) is 1. The zero-order chi connectivity index (χ0) is 15.4. The molecule has 0 bridgehead atoms. The van der Waals surface area contributed by atoms with E-state index in [4.69, 9.17) is 10.5 Å². The van der Waals surface area contributed by atoms with Gasteiger partial charge in [0.05, 0.1) is 18.6 Å². The van der Waals surface area contributed by atoms with E-state index >= 15 is 0 Å². The number of esters is 1. The minimum atomic E-state index is -0.228. The number of thiazole rings is 1. The van der Waals surface area contributed by atoms with Crippen molar-refractivity contribution in [3.8, 4) is 0 Å². The maximum atomic E-state index is 12.4. The molecule has 6 nitrogen and oxygen atoms in total. The number of aromatic nitrogens is 1. The Hall–Kier alpha value is -1.47. The second-order valence-corrected chi connectivity index (χ2v) is 6.09. The third-order valence-electron chi connectivity index (χ3n) is 3.46. The van der Waals surface area contributed by atoms with E-state index in [1.165, 1.54) is 11.3 Å². The van der Waals surface area contributed by atoms with E-state index in [-0.39, 0.29) is 23.8 Å². The topological polar surface area (TPSA) is 85.5 Å². The van der Waals surface area contributed by atoms with Gasteiger partial charge < -0.3 is 15.4 Å². The van der Waals surface area contributed by atoms with E-state index in [0.29, 0.717) is 25.4 Å². The summed E-state index contributed by atoms with van der Waals surface area (Å²) in [5.41, 5.74) is 6.18. The van der Waals surface area contributed by atoms with E-state index in [2.05, 4.69) is 4.98 Å².